The minimum Gasteiger partial charge on any atom is -0.225 e. The minimum absolute atomic E-state index is 0.169. The summed E-state index contributed by atoms with van der Waals surface area (Å²) < 4.78 is 86.0. The van der Waals surface area contributed by atoms with Crippen molar-refractivity contribution < 1.29 is 30.0 Å². The van der Waals surface area contributed by atoms with Crippen LogP contribution in [0.2, 0.25) is 0 Å². The van der Waals surface area contributed by atoms with Crippen LogP contribution in [0.15, 0.2) is 34.1 Å². The third-order valence-electron chi connectivity index (χ3n) is 4.12. The highest BCUT2D eigenvalue weighted by Crippen LogP contribution is 2.39. The molecule has 0 aliphatic rings. The first-order valence-corrected chi connectivity index (χ1v) is 10.7. The van der Waals surface area contributed by atoms with Crippen molar-refractivity contribution in [2.45, 2.75) is 43.0 Å². The van der Waals surface area contributed by atoms with Crippen molar-refractivity contribution in [3.05, 3.63) is 46.5 Å². The number of halogens is 3. The molecule has 0 spiro atoms. The first kappa shape index (κ1) is 21.4. The van der Waals surface area contributed by atoms with Gasteiger partial charge in [0.05, 0.1) is 9.79 Å². The Morgan fingerprint density at radius 1 is 0.778 bits per heavy atom. The van der Waals surface area contributed by atoms with Crippen LogP contribution in [0.4, 0.5) is 13.2 Å². The molecule has 0 amide bonds. The largest absolute Gasteiger partial charge is 0.501 e. The summed E-state index contributed by atoms with van der Waals surface area (Å²) in [5, 5.41) is 5.32. The summed E-state index contributed by atoms with van der Waals surface area (Å²) >= 11 is 0. The Morgan fingerprint density at radius 2 is 1.22 bits per heavy atom. The molecular formula is C17H18F3NO4S2. The predicted octanol–water partition coefficient (Wildman–Crippen LogP) is 3.53. The number of hydrogen-bond acceptors (Lipinski definition) is 4. The zero-order valence-electron chi connectivity index (χ0n) is 15.0. The van der Waals surface area contributed by atoms with Crippen molar-refractivity contribution in [3.63, 3.8) is 0 Å². The van der Waals surface area contributed by atoms with Crippen molar-refractivity contribution in [1.29, 1.82) is 0 Å². The molecule has 0 atom stereocenters. The van der Waals surface area contributed by atoms with Crippen LogP contribution in [0.1, 0.15) is 22.3 Å². The van der Waals surface area contributed by atoms with Gasteiger partial charge < -0.3 is 0 Å². The number of aryl methyl sites for hydroxylation is 4. The first-order chi connectivity index (χ1) is 12.1. The van der Waals surface area contributed by atoms with E-state index in [0.717, 1.165) is 12.1 Å². The third-order valence-corrected chi connectivity index (χ3v) is 6.52. The van der Waals surface area contributed by atoms with E-state index in [1.807, 2.05) is 0 Å². The van der Waals surface area contributed by atoms with E-state index in [2.05, 4.69) is 0 Å². The molecule has 5 nitrogen and oxygen atoms in total. The zero-order valence-corrected chi connectivity index (χ0v) is 16.6. The Morgan fingerprint density at radius 3 is 1.63 bits per heavy atom. The van der Waals surface area contributed by atoms with E-state index in [-0.39, 0.29) is 21.6 Å². The molecule has 2 aromatic carbocycles. The fraction of sp³-hybridized carbons (Fsp3) is 0.294. The van der Waals surface area contributed by atoms with Crippen molar-refractivity contribution in [1.82, 2.24) is 0 Å². The lowest BCUT2D eigenvalue weighted by atomic mass is 9.92. The lowest BCUT2D eigenvalue weighted by Gasteiger charge is -2.19. The SMILES string of the molecule is Cc1cc(C)c(-c2c(C)cc(S(=O)(=O)C(F)(F)F)cc2C)c(S(N)(=O)=O)c1. The molecule has 0 aromatic heterocycles. The lowest BCUT2D eigenvalue weighted by molar-refractivity contribution is -0.0436. The monoisotopic (exact) mass is 421 g/mol. The molecular weight excluding hydrogens is 403 g/mol. The summed E-state index contributed by atoms with van der Waals surface area (Å²) in [4.78, 5) is -1.06. The van der Waals surface area contributed by atoms with E-state index in [0.29, 0.717) is 16.7 Å². The molecule has 148 valence electrons. The first-order valence-electron chi connectivity index (χ1n) is 7.64. The number of rotatable bonds is 3. The molecule has 0 heterocycles. The Kier molecular flexibility index (Phi) is 5.23. The summed E-state index contributed by atoms with van der Waals surface area (Å²) in [6, 6.07) is 4.86. The van der Waals surface area contributed by atoms with Gasteiger partial charge in [0.2, 0.25) is 10.0 Å². The molecule has 2 rings (SSSR count). The molecule has 0 radical (unpaired) electrons. The average Bonchev–Trinajstić information content (AvgIpc) is 2.45. The number of hydrogen-bond donors (Lipinski definition) is 1. The van der Waals surface area contributed by atoms with Gasteiger partial charge in [-0.15, -0.1) is 0 Å². The van der Waals surface area contributed by atoms with Gasteiger partial charge in [-0.05, 0) is 73.7 Å². The summed E-state index contributed by atoms with van der Waals surface area (Å²) in [6.07, 6.45) is 0. The molecule has 0 bridgehead atoms. The molecule has 10 heteroatoms. The second-order valence-electron chi connectivity index (χ2n) is 6.38. The topological polar surface area (TPSA) is 94.3 Å². The second kappa shape index (κ2) is 6.61. The standard InChI is InChI=1S/C17H18F3NO4S2/c1-9-5-10(2)16(14(6-9)27(21,24)25)15-11(3)7-13(8-12(15)4)26(22,23)17(18,19)20/h5-8H,1-4H3,(H2,21,24,25). The average molecular weight is 421 g/mol. The molecule has 0 unspecified atom stereocenters. The minimum atomic E-state index is -5.52. The maximum atomic E-state index is 12.9. The number of alkyl halides is 3. The van der Waals surface area contributed by atoms with Gasteiger partial charge in [0.25, 0.3) is 9.84 Å². The number of sulfone groups is 1. The fourth-order valence-electron chi connectivity index (χ4n) is 3.08. The maximum absolute atomic E-state index is 12.9. The van der Waals surface area contributed by atoms with Crippen molar-refractivity contribution in [2.24, 2.45) is 5.14 Å². The lowest BCUT2D eigenvalue weighted by Crippen LogP contribution is -2.23. The Balaban J connectivity index is 2.89. The van der Waals surface area contributed by atoms with Crippen molar-refractivity contribution >= 4 is 19.9 Å². The molecule has 0 aliphatic carbocycles. The Labute approximate surface area is 156 Å². The van der Waals surface area contributed by atoms with Crippen LogP contribution in [0.5, 0.6) is 0 Å². The van der Waals surface area contributed by atoms with Gasteiger partial charge in [-0.3, -0.25) is 0 Å². The van der Waals surface area contributed by atoms with Gasteiger partial charge in [-0.25, -0.2) is 22.0 Å². The molecule has 2 N–H and O–H groups in total. The summed E-state index contributed by atoms with van der Waals surface area (Å²) in [7, 11) is -9.64. The molecule has 27 heavy (non-hydrogen) atoms. The number of primary sulfonamides is 1. The van der Waals surface area contributed by atoms with E-state index in [4.69, 9.17) is 5.14 Å². The van der Waals surface area contributed by atoms with Crippen LogP contribution in [0.25, 0.3) is 11.1 Å². The van der Waals surface area contributed by atoms with E-state index in [1.165, 1.54) is 19.9 Å². The van der Waals surface area contributed by atoms with Gasteiger partial charge in [-0.2, -0.15) is 13.2 Å². The van der Waals surface area contributed by atoms with Crippen LogP contribution >= 0.6 is 0 Å². The normalized spacial score (nSPS) is 13.0. The number of sulfonamides is 1. The molecule has 0 saturated carbocycles. The van der Waals surface area contributed by atoms with Crippen LogP contribution < -0.4 is 5.14 Å². The van der Waals surface area contributed by atoms with Gasteiger partial charge in [0.15, 0.2) is 0 Å². The fourth-order valence-corrected chi connectivity index (χ4v) is 4.91. The second-order valence-corrected chi connectivity index (χ2v) is 9.85. The smallest absolute Gasteiger partial charge is 0.225 e. The zero-order chi connectivity index (χ0) is 20.9. The Hall–Kier alpha value is -1.91. The number of nitrogens with two attached hydrogens (primary N) is 1. The van der Waals surface area contributed by atoms with E-state index in [9.17, 15) is 30.0 Å². The van der Waals surface area contributed by atoms with E-state index < -0.39 is 30.3 Å². The van der Waals surface area contributed by atoms with E-state index >= 15 is 0 Å². The highest BCUT2D eigenvalue weighted by atomic mass is 32.2. The Bertz CT molecular complexity index is 1110. The predicted molar refractivity (Wildman–Crippen MR) is 95.4 cm³/mol. The van der Waals surface area contributed by atoms with Gasteiger partial charge in [0.1, 0.15) is 0 Å². The van der Waals surface area contributed by atoms with Crippen LogP contribution in [0.3, 0.4) is 0 Å². The summed E-state index contributed by atoms with van der Waals surface area (Å²) in [5.41, 5.74) is -3.28. The summed E-state index contributed by atoms with van der Waals surface area (Å²) in [5.74, 6) is 0. The van der Waals surface area contributed by atoms with Crippen LogP contribution in [-0.2, 0) is 19.9 Å². The van der Waals surface area contributed by atoms with Crippen LogP contribution in [-0.4, -0.2) is 22.3 Å². The highest BCUT2D eigenvalue weighted by Gasteiger charge is 2.47. The number of benzene rings is 2. The highest BCUT2D eigenvalue weighted by molar-refractivity contribution is 7.92. The van der Waals surface area contributed by atoms with Crippen molar-refractivity contribution in [2.75, 3.05) is 0 Å². The molecule has 0 aliphatic heterocycles. The van der Waals surface area contributed by atoms with Crippen LogP contribution in [0, 0.1) is 27.7 Å². The molecule has 0 fully saturated rings. The van der Waals surface area contributed by atoms with Gasteiger partial charge in [-0.1, -0.05) is 6.07 Å². The quantitative estimate of drug-likeness (QED) is 0.820. The van der Waals surface area contributed by atoms with E-state index in [1.54, 1.807) is 19.9 Å². The third kappa shape index (κ3) is 3.87. The maximum Gasteiger partial charge on any atom is 0.501 e. The van der Waals surface area contributed by atoms with Gasteiger partial charge in [0, 0.05) is 5.56 Å². The molecule has 2 aromatic rings. The summed E-state index contributed by atoms with van der Waals surface area (Å²) in [6.45, 7) is 6.17. The van der Waals surface area contributed by atoms with Crippen molar-refractivity contribution in [3.8, 4) is 11.1 Å². The van der Waals surface area contributed by atoms with Gasteiger partial charge >= 0.3 is 5.51 Å². The molecule has 0 saturated heterocycles.